The number of hydrogen-bond acceptors (Lipinski definition) is 31. The van der Waals surface area contributed by atoms with Gasteiger partial charge in [0.1, 0.15) is 100 Å². The van der Waals surface area contributed by atoms with E-state index in [2.05, 4.69) is 74.3 Å². The van der Waals surface area contributed by atoms with E-state index >= 15 is 4.79 Å². The Morgan fingerprint density at radius 3 is 2.09 bits per heavy atom. The zero-order chi connectivity index (χ0) is 71.0. The average molecular weight is 1420 g/mol. The van der Waals surface area contributed by atoms with Gasteiger partial charge in [0, 0.05) is 55.2 Å². The van der Waals surface area contributed by atoms with Crippen molar-refractivity contribution in [2.24, 2.45) is 28.9 Å². The normalized spacial score (nSPS) is 24.0. The first kappa shape index (κ1) is 77.7. The van der Waals surface area contributed by atoms with Gasteiger partial charge in [-0.05, 0) is 31.7 Å². The summed E-state index contributed by atoms with van der Waals surface area (Å²) in [5.41, 5.74) is 28.1. The lowest BCUT2D eigenvalue weighted by atomic mass is 9.96. The maximum absolute atomic E-state index is 15.2. The van der Waals surface area contributed by atoms with Crippen molar-refractivity contribution in [2.75, 3.05) is 56.8 Å². The third-order valence-electron chi connectivity index (χ3n) is 15.3. The van der Waals surface area contributed by atoms with Crippen molar-refractivity contribution in [3.8, 4) is 10.7 Å². The van der Waals surface area contributed by atoms with Crippen LogP contribution in [0.15, 0.2) is 23.3 Å². The van der Waals surface area contributed by atoms with Crippen LogP contribution in [0.25, 0.3) is 10.7 Å². The molecule has 2 saturated heterocycles. The largest absolute Gasteiger partial charge is 0.441 e. The van der Waals surface area contributed by atoms with Crippen molar-refractivity contribution in [3.05, 3.63) is 56.8 Å². The minimum Gasteiger partial charge on any atom is -0.441 e. The summed E-state index contributed by atoms with van der Waals surface area (Å²) in [6, 6.07) is -7.85. The van der Waals surface area contributed by atoms with E-state index in [-0.39, 0.29) is 64.9 Å². The number of carbonyl (C=O) groups excluding carboxylic acids is 8. The standard InChI is InChI=1S/C55H83N17O21S3/c1-20-33(69-46(72-44(20)58)25(12-31(57)76)64-13-24(56)45(59)82)50(86)71-35(41(26-14-61-19-65-26)91-54-43(39(80)37(78)29(15-73)90-54)92-53-40(81)42(93-55(60)88)38(79)30(16-74)89-53)51(87)66-22(3)36(77)21(2)47(83)70-34(23(4)75)49(85)63-10-8-32-67-28(18-94-32)52-68-27(17-95-52)48(84)62-9-7-11-96(5)6/h14,17-19,21-25,29-30,34-43,53-54,64,73-75,77-81H,7-13,15-16,56H2,1-6H3,(H13-,57,58,59,60,61,62,63,65,66,69,70,71,72,76,82,83,84,85,86,87,88)/p+1/t21-,22?,23-,24+,25?,29-,30+,34-,35-,36-,37+,38+,39-,40-,41-,42-,43-,53+,54?/m1/s1. The summed E-state index contributed by atoms with van der Waals surface area (Å²) in [5.74, 6) is -7.69. The van der Waals surface area contributed by atoms with Crippen LogP contribution in [0.2, 0.25) is 0 Å². The minimum atomic E-state index is -2.20. The van der Waals surface area contributed by atoms with E-state index < -0.39 is 183 Å². The molecule has 3 unspecified atom stereocenters. The molecular weight excluding hydrogens is 1330 g/mol. The number of aromatic nitrogens is 6. The topological polar surface area (TPSA) is 627 Å². The highest BCUT2D eigenvalue weighted by Gasteiger charge is 2.54. The lowest BCUT2D eigenvalue weighted by molar-refractivity contribution is -0.372. The fourth-order valence-corrected chi connectivity index (χ4v) is 12.1. The Morgan fingerprint density at radius 1 is 0.781 bits per heavy atom. The van der Waals surface area contributed by atoms with Gasteiger partial charge in [-0.15, -0.1) is 22.7 Å². The molecule has 0 saturated carbocycles. The number of nitrogen functional groups attached to an aromatic ring is 1. The number of rotatable bonds is 35. The lowest BCUT2D eigenvalue weighted by Crippen LogP contribution is -2.65. The molecule has 0 spiro atoms. The Kier molecular flexibility index (Phi) is 29.0. The monoisotopic (exact) mass is 1410 g/mol. The third kappa shape index (κ3) is 20.6. The smallest absolute Gasteiger partial charge is 0.404 e. The van der Waals surface area contributed by atoms with Crippen LogP contribution in [0.4, 0.5) is 10.6 Å². The van der Waals surface area contributed by atoms with Crippen LogP contribution >= 0.6 is 22.7 Å². The summed E-state index contributed by atoms with van der Waals surface area (Å²) in [4.78, 5) is 131. The van der Waals surface area contributed by atoms with Gasteiger partial charge in [0.25, 0.3) is 11.8 Å². The number of aliphatic hydroxyl groups is 8. The number of thiazole rings is 2. The van der Waals surface area contributed by atoms with E-state index in [0.29, 0.717) is 22.3 Å². The fraction of sp³-hybridized carbons (Fsp3) is 0.618. The van der Waals surface area contributed by atoms with Crippen molar-refractivity contribution in [1.82, 2.24) is 61.8 Å². The van der Waals surface area contributed by atoms with E-state index in [9.17, 15) is 74.4 Å². The molecule has 6 rings (SSSR count). The summed E-state index contributed by atoms with van der Waals surface area (Å²) in [6.07, 6.45) is -20.0. The number of nitrogens with two attached hydrogens (primary N) is 5. The summed E-state index contributed by atoms with van der Waals surface area (Å²) in [6.45, 7) is 3.18. The van der Waals surface area contributed by atoms with E-state index in [1.807, 2.05) is 0 Å². The molecular formula is C55H84N17O21S3+. The van der Waals surface area contributed by atoms with Crippen molar-refractivity contribution >= 4 is 86.8 Å². The van der Waals surface area contributed by atoms with Gasteiger partial charge in [0.15, 0.2) is 18.7 Å². The molecule has 38 nitrogen and oxygen atoms in total. The zero-order valence-corrected chi connectivity index (χ0v) is 55.3. The van der Waals surface area contributed by atoms with Crippen LogP contribution in [0.1, 0.15) is 88.8 Å². The highest BCUT2D eigenvalue weighted by Crippen LogP contribution is 2.35. The number of amides is 8. The number of aliphatic hydroxyl groups excluding tert-OH is 8. The number of primary amides is 3. The second-order valence-corrected chi connectivity index (χ2v) is 27.0. The Bertz CT molecular complexity index is 3280. The summed E-state index contributed by atoms with van der Waals surface area (Å²) >= 11 is 2.52. The molecule has 532 valence electrons. The van der Waals surface area contributed by atoms with Crippen LogP contribution in [-0.2, 0) is 65.0 Å². The van der Waals surface area contributed by atoms with Gasteiger partial charge in [-0.2, -0.15) is 0 Å². The van der Waals surface area contributed by atoms with Gasteiger partial charge >= 0.3 is 6.09 Å². The first-order valence-corrected chi connectivity index (χ1v) is 33.8. The zero-order valence-electron chi connectivity index (χ0n) is 52.9. The molecule has 0 aliphatic carbocycles. The quantitative estimate of drug-likeness (QED) is 0.0150. The first-order chi connectivity index (χ1) is 45.3. The Balaban J connectivity index is 1.26. The van der Waals surface area contributed by atoms with Crippen molar-refractivity contribution in [1.29, 1.82) is 0 Å². The lowest BCUT2D eigenvalue weighted by Gasteiger charge is -2.47. The molecule has 96 heavy (non-hydrogen) atoms. The SMILES string of the molecule is Cc1c(N)nc(C(CC(N)=O)NC[C@H](N)C(N)=O)nc1C(=O)N[C@@H](C(=O)NC(C)[C@H](O)[C@@H](C)C(=O)N[C@@H](C(=O)NCCc1nc(-c2nc(C(=O)NCCC[S+](C)C)cs2)cs1)[C@@H](C)O)[C@H](OC1O[C@H](CO)[C@H](O)[C@@H](O)[C@H]1O[C@@H]1O[C@@H](CO)[C@H](O)[C@@H](OC(N)=O)[C@H]1O)c1cnc[nH]1. The predicted molar refractivity (Wildman–Crippen MR) is 339 cm³/mol. The number of nitrogens with one attached hydrogen (secondary N) is 7. The maximum atomic E-state index is 15.2. The number of aromatic amines is 1. The summed E-state index contributed by atoms with van der Waals surface area (Å²) in [7, 11) is 0.254. The molecule has 25 N–H and O–H groups in total. The van der Waals surface area contributed by atoms with Crippen molar-refractivity contribution in [2.45, 2.75) is 157 Å². The predicted octanol–water partition coefficient (Wildman–Crippen LogP) is -7.70. The number of imidazole rings is 1. The van der Waals surface area contributed by atoms with Gasteiger partial charge < -0.3 is 130 Å². The van der Waals surface area contributed by atoms with Crippen LogP contribution < -0.4 is 60.6 Å². The molecule has 2 fully saturated rings. The van der Waals surface area contributed by atoms with Gasteiger partial charge in [0.2, 0.25) is 29.5 Å². The summed E-state index contributed by atoms with van der Waals surface area (Å²) in [5, 5.41) is 108. The second kappa shape index (κ2) is 35.8. The van der Waals surface area contributed by atoms with Gasteiger partial charge in [0.05, 0.1) is 85.2 Å². The molecule has 2 aliphatic rings. The molecule has 19 atom stereocenters. The molecule has 4 aromatic heterocycles. The molecule has 4 aromatic rings. The van der Waals surface area contributed by atoms with Crippen LogP contribution in [0.5, 0.6) is 0 Å². The minimum absolute atomic E-state index is 0.00498. The van der Waals surface area contributed by atoms with Gasteiger partial charge in [-0.1, -0.05) is 6.92 Å². The molecule has 0 bridgehead atoms. The van der Waals surface area contributed by atoms with Crippen molar-refractivity contribution in [3.63, 3.8) is 0 Å². The highest BCUT2D eigenvalue weighted by molar-refractivity contribution is 7.95. The number of hydrogen-bond donors (Lipinski definition) is 20. The molecule has 0 radical (unpaired) electrons. The number of ether oxygens (including phenoxy) is 5. The Labute approximate surface area is 559 Å². The third-order valence-corrected chi connectivity index (χ3v) is 18.2. The molecule has 2 aliphatic heterocycles. The molecule has 6 heterocycles. The molecule has 41 heteroatoms. The summed E-state index contributed by atoms with van der Waals surface area (Å²) < 4.78 is 28.7. The van der Waals surface area contributed by atoms with E-state index in [1.165, 1.54) is 50.4 Å². The second-order valence-electron chi connectivity index (χ2n) is 22.8. The van der Waals surface area contributed by atoms with E-state index in [1.54, 1.807) is 10.8 Å². The van der Waals surface area contributed by atoms with E-state index in [0.717, 1.165) is 24.7 Å². The van der Waals surface area contributed by atoms with Gasteiger partial charge in [-0.3, -0.25) is 33.6 Å². The first-order valence-electron chi connectivity index (χ1n) is 29.8. The maximum Gasteiger partial charge on any atom is 0.404 e. The average Bonchev–Trinajstić information content (AvgIpc) is 0.885. The number of carbonyl (C=O) groups is 8. The van der Waals surface area contributed by atoms with Crippen LogP contribution in [0.3, 0.4) is 0 Å². The highest BCUT2D eigenvalue weighted by atomic mass is 32.2. The number of nitrogens with zero attached hydrogens (tertiary/aromatic N) is 5. The number of anilines is 1. The Morgan fingerprint density at radius 2 is 1.47 bits per heavy atom. The van der Waals surface area contributed by atoms with Crippen LogP contribution in [-0.4, -0.2) is 267 Å². The number of H-pyrrole nitrogens is 1. The fourth-order valence-electron chi connectivity index (χ4n) is 9.80. The Hall–Kier alpha value is -7.30. The van der Waals surface area contributed by atoms with Crippen LogP contribution in [0, 0.1) is 12.8 Å². The molecule has 0 aromatic carbocycles. The molecule has 8 amide bonds. The van der Waals surface area contributed by atoms with Gasteiger partial charge in [-0.25, -0.2) is 29.7 Å². The van der Waals surface area contributed by atoms with Crippen molar-refractivity contribution < 1.29 is 103 Å². The van der Waals surface area contributed by atoms with E-state index in [4.69, 9.17) is 52.4 Å².